The predicted octanol–water partition coefficient (Wildman–Crippen LogP) is 3.40. The van der Waals surface area contributed by atoms with Gasteiger partial charge in [0.25, 0.3) is 10.0 Å². The summed E-state index contributed by atoms with van der Waals surface area (Å²) in [6, 6.07) is 6.38. The summed E-state index contributed by atoms with van der Waals surface area (Å²) in [4.78, 5) is 2.78. The van der Waals surface area contributed by atoms with Gasteiger partial charge in [-0.25, -0.2) is 26.6 Å². The smallest absolute Gasteiger partial charge is 0.266 e. The predicted molar refractivity (Wildman–Crippen MR) is 93.2 cm³/mol. The normalized spacial score (nSPS) is 12.6. The zero-order chi connectivity index (χ0) is 19.6. The van der Waals surface area contributed by atoms with Crippen molar-refractivity contribution in [3.63, 3.8) is 0 Å². The van der Waals surface area contributed by atoms with E-state index in [2.05, 4.69) is 4.98 Å². The van der Waals surface area contributed by atoms with Crippen LogP contribution in [0.5, 0.6) is 5.75 Å². The van der Waals surface area contributed by atoms with Gasteiger partial charge < -0.3 is 4.74 Å². The molecular weight excluding hydrogens is 403 g/mol. The van der Waals surface area contributed by atoms with Gasteiger partial charge >= 0.3 is 0 Å². The van der Waals surface area contributed by atoms with Crippen LogP contribution in [0.1, 0.15) is 11.8 Å². The van der Waals surface area contributed by atoms with Gasteiger partial charge in [-0.05, 0) is 6.07 Å². The van der Waals surface area contributed by atoms with Gasteiger partial charge in [-0.3, -0.25) is 10.5 Å². The van der Waals surface area contributed by atoms with E-state index in [1.807, 2.05) is 4.72 Å². The number of rotatable bonds is 6. The van der Waals surface area contributed by atoms with Gasteiger partial charge in [0.05, 0.1) is 0 Å². The van der Waals surface area contributed by atoms with Gasteiger partial charge in [0, 0.05) is 29.3 Å². The van der Waals surface area contributed by atoms with Gasteiger partial charge in [0.15, 0.2) is 22.9 Å². The number of benzene rings is 2. The van der Waals surface area contributed by atoms with Crippen LogP contribution in [-0.4, -0.2) is 13.4 Å². The van der Waals surface area contributed by atoms with Gasteiger partial charge in [-0.1, -0.05) is 18.2 Å². The minimum absolute atomic E-state index is 0.00305. The third-order valence-corrected chi connectivity index (χ3v) is 5.57. The SMILES string of the molecule is N[C@H](Oc1cc(F)c(S(=O)(=O)Nc2nccs2)cc1F)c1ccccc1F. The third-order valence-electron chi connectivity index (χ3n) is 3.40. The van der Waals surface area contributed by atoms with E-state index in [-0.39, 0.29) is 10.7 Å². The summed E-state index contributed by atoms with van der Waals surface area (Å²) in [6.07, 6.45) is -0.0727. The molecule has 0 aliphatic rings. The van der Waals surface area contributed by atoms with Crippen molar-refractivity contribution in [2.45, 2.75) is 11.1 Å². The maximum absolute atomic E-state index is 14.3. The minimum Gasteiger partial charge on any atom is -0.468 e. The van der Waals surface area contributed by atoms with Gasteiger partial charge in [0.2, 0.25) is 0 Å². The molecular formula is C16H12F3N3O3S2. The Hall–Kier alpha value is -2.63. The number of hydrogen-bond acceptors (Lipinski definition) is 6. The van der Waals surface area contributed by atoms with Gasteiger partial charge in [-0.2, -0.15) is 0 Å². The van der Waals surface area contributed by atoms with Crippen LogP contribution >= 0.6 is 11.3 Å². The molecule has 0 bridgehead atoms. The van der Waals surface area contributed by atoms with Crippen LogP contribution in [0.4, 0.5) is 18.3 Å². The van der Waals surface area contributed by atoms with E-state index in [0.29, 0.717) is 12.1 Å². The highest BCUT2D eigenvalue weighted by atomic mass is 32.2. The van der Waals surface area contributed by atoms with Crippen LogP contribution in [0.2, 0.25) is 0 Å². The second-order valence-corrected chi connectivity index (χ2v) is 7.76. The number of nitrogens with two attached hydrogens (primary N) is 1. The number of sulfonamides is 1. The highest BCUT2D eigenvalue weighted by molar-refractivity contribution is 7.93. The first-order chi connectivity index (χ1) is 12.8. The molecule has 3 aromatic rings. The van der Waals surface area contributed by atoms with Crippen molar-refractivity contribution in [3.8, 4) is 5.75 Å². The van der Waals surface area contributed by atoms with Crippen LogP contribution in [0.3, 0.4) is 0 Å². The van der Waals surface area contributed by atoms with E-state index in [1.165, 1.54) is 29.8 Å². The Kier molecular flexibility index (Phi) is 5.35. The Balaban J connectivity index is 1.88. The molecule has 0 radical (unpaired) electrons. The molecule has 142 valence electrons. The lowest BCUT2D eigenvalue weighted by Crippen LogP contribution is -2.20. The maximum atomic E-state index is 14.3. The number of thiazole rings is 1. The summed E-state index contributed by atoms with van der Waals surface area (Å²) < 4.78 is 73.8. The molecule has 3 N–H and O–H groups in total. The zero-order valence-corrected chi connectivity index (χ0v) is 15.0. The van der Waals surface area contributed by atoms with Crippen molar-refractivity contribution in [2.24, 2.45) is 5.73 Å². The molecule has 2 aromatic carbocycles. The second kappa shape index (κ2) is 7.55. The molecule has 0 spiro atoms. The van der Waals surface area contributed by atoms with Crippen molar-refractivity contribution in [2.75, 3.05) is 4.72 Å². The van der Waals surface area contributed by atoms with E-state index < -0.39 is 44.3 Å². The summed E-state index contributed by atoms with van der Waals surface area (Å²) in [7, 11) is -4.40. The van der Waals surface area contributed by atoms with Crippen LogP contribution < -0.4 is 15.2 Å². The third kappa shape index (κ3) is 4.21. The average molecular weight is 415 g/mol. The Morgan fingerprint density at radius 1 is 1.11 bits per heavy atom. The van der Waals surface area contributed by atoms with Crippen LogP contribution in [0, 0.1) is 17.5 Å². The van der Waals surface area contributed by atoms with Crippen LogP contribution in [0.25, 0.3) is 0 Å². The monoisotopic (exact) mass is 415 g/mol. The topological polar surface area (TPSA) is 94.3 Å². The van der Waals surface area contributed by atoms with Crippen molar-refractivity contribution in [3.05, 3.63) is 71.0 Å². The summed E-state index contributed by atoms with van der Waals surface area (Å²) in [5, 5.41) is 1.51. The zero-order valence-electron chi connectivity index (χ0n) is 13.4. The number of halogens is 3. The van der Waals surface area contributed by atoms with Crippen molar-refractivity contribution >= 4 is 26.5 Å². The lowest BCUT2D eigenvalue weighted by molar-refractivity contribution is 0.198. The first kappa shape index (κ1) is 19.1. The summed E-state index contributed by atoms with van der Waals surface area (Å²) in [6.45, 7) is 0. The van der Waals surface area contributed by atoms with Gasteiger partial charge in [0.1, 0.15) is 16.5 Å². The Labute approximate surface area is 156 Å². The molecule has 1 aromatic heterocycles. The van der Waals surface area contributed by atoms with Crippen LogP contribution in [-0.2, 0) is 10.0 Å². The molecule has 27 heavy (non-hydrogen) atoms. The van der Waals surface area contributed by atoms with E-state index in [0.717, 1.165) is 17.4 Å². The minimum atomic E-state index is -4.40. The molecule has 11 heteroatoms. The van der Waals surface area contributed by atoms with Crippen molar-refractivity contribution in [1.29, 1.82) is 0 Å². The Morgan fingerprint density at radius 3 is 2.52 bits per heavy atom. The molecule has 3 rings (SSSR count). The number of ether oxygens (including phenoxy) is 1. The highest BCUT2D eigenvalue weighted by Crippen LogP contribution is 2.29. The lowest BCUT2D eigenvalue weighted by Gasteiger charge is -2.17. The van der Waals surface area contributed by atoms with Gasteiger partial charge in [-0.15, -0.1) is 11.3 Å². The summed E-state index contributed by atoms with van der Waals surface area (Å²) in [5.74, 6) is -3.78. The van der Waals surface area contributed by atoms with Crippen molar-refractivity contribution < 1.29 is 26.3 Å². The quantitative estimate of drug-likeness (QED) is 0.602. The molecule has 6 nitrogen and oxygen atoms in total. The molecule has 0 aliphatic heterocycles. The molecule has 0 fully saturated rings. The first-order valence-electron chi connectivity index (χ1n) is 7.36. The van der Waals surface area contributed by atoms with E-state index in [4.69, 9.17) is 10.5 Å². The standard InChI is InChI=1S/C16H12F3N3O3S2/c17-10-4-2-1-3-9(10)15(20)25-13-7-12(19)14(8-11(13)18)27(23,24)22-16-21-5-6-26-16/h1-8,15H,20H2,(H,21,22)/t15-/m1/s1. The molecule has 0 aliphatic carbocycles. The molecule has 0 amide bonds. The molecule has 0 saturated carbocycles. The van der Waals surface area contributed by atoms with Crippen molar-refractivity contribution in [1.82, 2.24) is 4.98 Å². The number of anilines is 1. The van der Waals surface area contributed by atoms with E-state index in [9.17, 15) is 21.6 Å². The molecule has 0 unspecified atom stereocenters. The fraction of sp³-hybridized carbons (Fsp3) is 0.0625. The fourth-order valence-corrected chi connectivity index (χ4v) is 4.02. The Morgan fingerprint density at radius 2 is 1.85 bits per heavy atom. The highest BCUT2D eigenvalue weighted by Gasteiger charge is 2.24. The maximum Gasteiger partial charge on any atom is 0.266 e. The fourth-order valence-electron chi connectivity index (χ4n) is 2.16. The molecule has 0 saturated heterocycles. The Bertz CT molecular complexity index is 1060. The van der Waals surface area contributed by atoms with E-state index in [1.54, 1.807) is 0 Å². The largest absolute Gasteiger partial charge is 0.468 e. The van der Waals surface area contributed by atoms with Crippen LogP contribution in [0.15, 0.2) is 52.9 Å². The number of nitrogens with zero attached hydrogens (tertiary/aromatic N) is 1. The second-order valence-electron chi connectivity index (χ2n) is 5.22. The summed E-state index contributed by atoms with van der Waals surface area (Å²) in [5.41, 5.74) is 5.60. The molecule has 1 atom stereocenters. The summed E-state index contributed by atoms with van der Waals surface area (Å²) >= 11 is 0.971. The number of hydrogen-bond donors (Lipinski definition) is 2. The van der Waals surface area contributed by atoms with E-state index >= 15 is 0 Å². The first-order valence-corrected chi connectivity index (χ1v) is 9.72. The average Bonchev–Trinajstić information content (AvgIpc) is 3.10. The number of aromatic nitrogens is 1. The molecule has 1 heterocycles. The number of nitrogens with one attached hydrogen (secondary N) is 1. The lowest BCUT2D eigenvalue weighted by atomic mass is 10.2.